The van der Waals surface area contributed by atoms with Gasteiger partial charge < -0.3 is 15.3 Å². The molecule has 2 heterocycles. The highest BCUT2D eigenvalue weighted by molar-refractivity contribution is 6.32. The summed E-state index contributed by atoms with van der Waals surface area (Å²) in [7, 11) is 0. The fraction of sp³-hybridized carbons (Fsp3) is 0.692. The maximum absolute atomic E-state index is 9.62. The van der Waals surface area contributed by atoms with Crippen molar-refractivity contribution in [2.75, 3.05) is 29.9 Å². The van der Waals surface area contributed by atoms with Gasteiger partial charge >= 0.3 is 0 Å². The summed E-state index contributed by atoms with van der Waals surface area (Å²) in [6.07, 6.45) is 3.34. The van der Waals surface area contributed by atoms with E-state index in [-0.39, 0.29) is 6.10 Å². The summed E-state index contributed by atoms with van der Waals surface area (Å²) in [5, 5.41) is 13.3. The first-order valence-electron chi connectivity index (χ1n) is 6.81. The number of hydrogen-bond acceptors (Lipinski definition) is 5. The van der Waals surface area contributed by atoms with Crippen molar-refractivity contribution >= 4 is 23.4 Å². The predicted octanol–water partition coefficient (Wildman–Crippen LogP) is 2.16. The van der Waals surface area contributed by atoms with E-state index in [1.54, 1.807) is 6.20 Å². The summed E-state index contributed by atoms with van der Waals surface area (Å²) < 4.78 is 0. The van der Waals surface area contributed by atoms with E-state index >= 15 is 0 Å². The molecule has 0 radical (unpaired) electrons. The van der Waals surface area contributed by atoms with Crippen molar-refractivity contribution in [2.45, 2.75) is 32.8 Å². The van der Waals surface area contributed by atoms with Crippen LogP contribution in [0.4, 0.5) is 11.8 Å². The molecule has 6 heteroatoms. The molecule has 0 bridgehead atoms. The number of halogens is 1. The van der Waals surface area contributed by atoms with Crippen molar-refractivity contribution in [3.8, 4) is 0 Å². The SMILES string of the molecule is CCNc1ncc(Cl)c(N2CCC(C(C)O)CC2)n1. The Labute approximate surface area is 119 Å². The lowest BCUT2D eigenvalue weighted by atomic mass is 9.92. The Morgan fingerprint density at radius 3 is 2.79 bits per heavy atom. The van der Waals surface area contributed by atoms with Gasteiger partial charge in [-0.15, -0.1) is 0 Å². The molecule has 1 unspecified atom stereocenters. The number of hydrogen-bond donors (Lipinski definition) is 2. The van der Waals surface area contributed by atoms with Crippen LogP contribution in [-0.4, -0.2) is 40.8 Å². The van der Waals surface area contributed by atoms with Gasteiger partial charge in [0.1, 0.15) is 5.02 Å². The maximum Gasteiger partial charge on any atom is 0.224 e. The molecule has 0 aromatic carbocycles. The highest BCUT2D eigenvalue weighted by Crippen LogP contribution is 2.29. The third-order valence-electron chi connectivity index (χ3n) is 3.58. The minimum absolute atomic E-state index is 0.236. The number of piperidine rings is 1. The summed E-state index contributed by atoms with van der Waals surface area (Å²) >= 11 is 6.18. The van der Waals surface area contributed by atoms with Gasteiger partial charge in [-0.05, 0) is 32.6 Å². The molecule has 5 nitrogen and oxygen atoms in total. The van der Waals surface area contributed by atoms with Crippen LogP contribution in [0.25, 0.3) is 0 Å². The van der Waals surface area contributed by atoms with E-state index in [9.17, 15) is 5.11 Å². The summed E-state index contributed by atoms with van der Waals surface area (Å²) in [6, 6.07) is 0. The van der Waals surface area contributed by atoms with E-state index in [1.165, 1.54) is 0 Å². The molecule has 19 heavy (non-hydrogen) atoms. The average Bonchev–Trinajstić information content (AvgIpc) is 2.41. The average molecular weight is 285 g/mol. The van der Waals surface area contributed by atoms with Gasteiger partial charge in [-0.1, -0.05) is 11.6 Å². The van der Waals surface area contributed by atoms with Crippen molar-refractivity contribution in [1.82, 2.24) is 9.97 Å². The number of aliphatic hydroxyl groups is 1. The molecule has 1 aliphatic rings. The minimum atomic E-state index is -0.236. The topological polar surface area (TPSA) is 61.3 Å². The predicted molar refractivity (Wildman–Crippen MR) is 77.8 cm³/mol. The molecule has 1 atom stereocenters. The van der Waals surface area contributed by atoms with Crippen LogP contribution in [0.5, 0.6) is 0 Å². The standard InChI is InChI=1S/C13H21ClN4O/c1-3-15-13-16-8-11(14)12(17-13)18-6-4-10(5-7-18)9(2)19/h8-10,19H,3-7H2,1-2H3,(H,15,16,17). The zero-order valence-electron chi connectivity index (χ0n) is 11.4. The van der Waals surface area contributed by atoms with Crippen molar-refractivity contribution in [3.05, 3.63) is 11.2 Å². The second-order valence-corrected chi connectivity index (χ2v) is 5.37. The van der Waals surface area contributed by atoms with Gasteiger partial charge in [0.15, 0.2) is 5.82 Å². The summed E-state index contributed by atoms with van der Waals surface area (Å²) in [4.78, 5) is 10.8. The highest BCUT2D eigenvalue weighted by Gasteiger charge is 2.24. The molecule has 1 fully saturated rings. The molecule has 2 rings (SSSR count). The normalized spacial score (nSPS) is 18.4. The highest BCUT2D eigenvalue weighted by atomic mass is 35.5. The Bertz CT molecular complexity index is 419. The van der Waals surface area contributed by atoms with Crippen LogP contribution in [0.2, 0.25) is 5.02 Å². The molecule has 0 amide bonds. The fourth-order valence-electron chi connectivity index (χ4n) is 2.42. The van der Waals surface area contributed by atoms with Crippen LogP contribution in [0.15, 0.2) is 6.20 Å². The zero-order valence-corrected chi connectivity index (χ0v) is 12.2. The van der Waals surface area contributed by atoms with E-state index in [0.29, 0.717) is 16.9 Å². The quantitative estimate of drug-likeness (QED) is 0.887. The van der Waals surface area contributed by atoms with Crippen LogP contribution in [0.1, 0.15) is 26.7 Å². The molecule has 0 saturated carbocycles. The van der Waals surface area contributed by atoms with E-state index < -0.39 is 0 Å². The van der Waals surface area contributed by atoms with Crippen molar-refractivity contribution < 1.29 is 5.11 Å². The lowest BCUT2D eigenvalue weighted by molar-refractivity contribution is 0.110. The second-order valence-electron chi connectivity index (χ2n) is 4.96. The van der Waals surface area contributed by atoms with Gasteiger partial charge in [-0.25, -0.2) is 4.98 Å². The minimum Gasteiger partial charge on any atom is -0.393 e. The van der Waals surface area contributed by atoms with E-state index in [1.807, 2.05) is 13.8 Å². The number of rotatable bonds is 4. The second kappa shape index (κ2) is 6.39. The summed E-state index contributed by atoms with van der Waals surface area (Å²) in [5.74, 6) is 1.78. The van der Waals surface area contributed by atoms with Gasteiger partial charge in [-0.2, -0.15) is 4.98 Å². The smallest absolute Gasteiger partial charge is 0.224 e. The first-order valence-corrected chi connectivity index (χ1v) is 7.19. The Kier molecular flexibility index (Phi) is 4.82. The number of aliphatic hydroxyl groups excluding tert-OH is 1. The number of nitrogens with zero attached hydrogens (tertiary/aromatic N) is 3. The van der Waals surface area contributed by atoms with Gasteiger partial charge in [0, 0.05) is 19.6 Å². The maximum atomic E-state index is 9.62. The van der Waals surface area contributed by atoms with Crippen LogP contribution in [0.3, 0.4) is 0 Å². The van der Waals surface area contributed by atoms with E-state index in [4.69, 9.17) is 11.6 Å². The molecule has 0 aliphatic carbocycles. The molecule has 106 valence electrons. The number of anilines is 2. The third kappa shape index (κ3) is 3.48. The first kappa shape index (κ1) is 14.3. The largest absolute Gasteiger partial charge is 0.393 e. The Balaban J connectivity index is 2.08. The fourth-order valence-corrected chi connectivity index (χ4v) is 2.63. The zero-order chi connectivity index (χ0) is 13.8. The van der Waals surface area contributed by atoms with Gasteiger partial charge in [0.05, 0.1) is 12.3 Å². The van der Waals surface area contributed by atoms with E-state index in [0.717, 1.165) is 38.3 Å². The van der Waals surface area contributed by atoms with Crippen LogP contribution in [0, 0.1) is 5.92 Å². The third-order valence-corrected chi connectivity index (χ3v) is 3.85. The Morgan fingerprint density at radius 2 is 2.21 bits per heavy atom. The van der Waals surface area contributed by atoms with Crippen LogP contribution in [-0.2, 0) is 0 Å². The summed E-state index contributed by atoms with van der Waals surface area (Å²) in [6.45, 7) is 6.40. The lowest BCUT2D eigenvalue weighted by Crippen LogP contribution is -2.37. The van der Waals surface area contributed by atoms with Crippen LogP contribution >= 0.6 is 11.6 Å². The van der Waals surface area contributed by atoms with Crippen molar-refractivity contribution in [3.63, 3.8) is 0 Å². The molecule has 1 saturated heterocycles. The van der Waals surface area contributed by atoms with Crippen molar-refractivity contribution in [2.24, 2.45) is 5.92 Å². The number of aromatic nitrogens is 2. The molecular formula is C13H21ClN4O. The molecule has 2 N–H and O–H groups in total. The molecule has 1 aromatic rings. The lowest BCUT2D eigenvalue weighted by Gasteiger charge is -2.34. The molecule has 0 spiro atoms. The molecule has 1 aromatic heterocycles. The monoisotopic (exact) mass is 284 g/mol. The van der Waals surface area contributed by atoms with Gasteiger partial charge in [-0.3, -0.25) is 0 Å². The van der Waals surface area contributed by atoms with Crippen LogP contribution < -0.4 is 10.2 Å². The first-order chi connectivity index (χ1) is 9.11. The van der Waals surface area contributed by atoms with Gasteiger partial charge in [0.2, 0.25) is 5.95 Å². The Morgan fingerprint density at radius 1 is 1.53 bits per heavy atom. The number of nitrogens with one attached hydrogen (secondary N) is 1. The van der Waals surface area contributed by atoms with Crippen molar-refractivity contribution in [1.29, 1.82) is 0 Å². The molecule has 1 aliphatic heterocycles. The van der Waals surface area contributed by atoms with Gasteiger partial charge in [0.25, 0.3) is 0 Å². The summed E-state index contributed by atoms with van der Waals surface area (Å²) in [5.41, 5.74) is 0. The van der Waals surface area contributed by atoms with E-state index in [2.05, 4.69) is 20.2 Å². The Hall–Kier alpha value is -1.07. The molecular weight excluding hydrogens is 264 g/mol.